The van der Waals surface area contributed by atoms with E-state index >= 15 is 0 Å². The Morgan fingerprint density at radius 3 is 2.34 bits per heavy atom. The Morgan fingerprint density at radius 2 is 1.69 bits per heavy atom. The second-order valence-electron chi connectivity index (χ2n) is 8.67. The highest BCUT2D eigenvalue weighted by atomic mass is 19.2. The Hall–Kier alpha value is -2.27. The second kappa shape index (κ2) is 12.1. The van der Waals surface area contributed by atoms with Gasteiger partial charge < -0.3 is 9.47 Å². The van der Waals surface area contributed by atoms with Crippen molar-refractivity contribution in [2.75, 3.05) is 13.2 Å². The zero-order valence-corrected chi connectivity index (χ0v) is 19.2. The molecule has 32 heavy (non-hydrogen) atoms. The highest BCUT2D eigenvalue weighted by Gasteiger charge is 2.23. The number of hydrogen-bond acceptors (Lipinski definition) is 3. The van der Waals surface area contributed by atoms with Gasteiger partial charge in [-0.1, -0.05) is 44.4 Å². The molecule has 2 aromatic rings. The summed E-state index contributed by atoms with van der Waals surface area (Å²) in [6.07, 6.45) is 9.04. The monoisotopic (exact) mass is 444 g/mol. The van der Waals surface area contributed by atoms with Crippen LogP contribution in [0.3, 0.4) is 0 Å². The molecule has 1 fully saturated rings. The van der Waals surface area contributed by atoms with E-state index in [1.54, 1.807) is 12.1 Å². The molecule has 0 spiro atoms. The van der Waals surface area contributed by atoms with Crippen LogP contribution in [0.15, 0.2) is 36.4 Å². The highest BCUT2D eigenvalue weighted by molar-refractivity contribution is 5.91. The maximum Gasteiger partial charge on any atom is 0.343 e. The summed E-state index contributed by atoms with van der Waals surface area (Å²) in [5.74, 6) is -1.87. The van der Waals surface area contributed by atoms with Crippen LogP contribution < -0.4 is 4.74 Å². The molecule has 0 unspecified atom stereocenters. The number of carbonyl (C=O) groups excluding carboxylic acids is 1. The molecule has 1 saturated carbocycles. The van der Waals surface area contributed by atoms with E-state index in [0.717, 1.165) is 5.92 Å². The Balaban J connectivity index is 1.58. The van der Waals surface area contributed by atoms with Gasteiger partial charge in [0.25, 0.3) is 0 Å². The molecule has 174 valence electrons. The summed E-state index contributed by atoms with van der Waals surface area (Å²) in [7, 11) is 0. The van der Waals surface area contributed by atoms with Crippen LogP contribution in [0.5, 0.6) is 5.75 Å². The molecule has 3 nitrogen and oxygen atoms in total. The van der Waals surface area contributed by atoms with Crippen LogP contribution in [0.25, 0.3) is 0 Å². The molecule has 0 amide bonds. The zero-order chi connectivity index (χ0) is 22.9. The topological polar surface area (TPSA) is 35.5 Å². The molecule has 0 saturated heterocycles. The predicted molar refractivity (Wildman–Crippen MR) is 122 cm³/mol. The van der Waals surface area contributed by atoms with Gasteiger partial charge in [0.15, 0.2) is 11.6 Å². The van der Waals surface area contributed by atoms with Gasteiger partial charge in [0.2, 0.25) is 5.82 Å². The van der Waals surface area contributed by atoms with Crippen molar-refractivity contribution in [3.63, 3.8) is 0 Å². The summed E-state index contributed by atoms with van der Waals surface area (Å²) in [6.45, 7) is 4.89. The van der Waals surface area contributed by atoms with E-state index in [0.29, 0.717) is 24.7 Å². The van der Waals surface area contributed by atoms with Crippen LogP contribution in [0, 0.1) is 17.6 Å². The quantitative estimate of drug-likeness (QED) is 0.220. The number of halogens is 2. The van der Waals surface area contributed by atoms with Crippen LogP contribution >= 0.6 is 0 Å². The van der Waals surface area contributed by atoms with Crippen molar-refractivity contribution >= 4 is 5.97 Å². The molecule has 1 aliphatic carbocycles. The minimum atomic E-state index is -1.15. The Morgan fingerprint density at radius 1 is 0.969 bits per heavy atom. The van der Waals surface area contributed by atoms with Gasteiger partial charge in [-0.15, -0.1) is 0 Å². The fraction of sp³-hybridized carbons (Fsp3) is 0.519. The van der Waals surface area contributed by atoms with Crippen molar-refractivity contribution in [1.82, 2.24) is 0 Å². The predicted octanol–water partition coefficient (Wildman–Crippen LogP) is 7.23. The lowest BCUT2D eigenvalue weighted by Crippen LogP contribution is -2.14. The number of unbranched alkanes of at least 4 members (excludes halogenated alkanes) is 1. The lowest BCUT2D eigenvalue weighted by atomic mass is 9.77. The normalized spacial score (nSPS) is 18.5. The molecule has 3 rings (SSSR count). The maximum absolute atomic E-state index is 14.4. The number of rotatable bonds is 10. The lowest BCUT2D eigenvalue weighted by molar-refractivity contribution is 0.0726. The third-order valence-corrected chi connectivity index (χ3v) is 6.48. The lowest BCUT2D eigenvalue weighted by Gasteiger charge is -2.28. The van der Waals surface area contributed by atoms with Crippen molar-refractivity contribution in [2.24, 2.45) is 5.92 Å². The average Bonchev–Trinajstić information content (AvgIpc) is 2.82. The molecule has 0 aliphatic heterocycles. The fourth-order valence-electron chi connectivity index (χ4n) is 4.50. The molecule has 0 N–H and O–H groups in total. The molecular formula is C27H34F2O3. The number of ether oxygens (including phenoxy) is 2. The Kier molecular flexibility index (Phi) is 9.22. The van der Waals surface area contributed by atoms with E-state index in [2.05, 4.69) is 6.92 Å². The summed E-state index contributed by atoms with van der Waals surface area (Å²) in [4.78, 5) is 12.5. The van der Waals surface area contributed by atoms with Gasteiger partial charge in [-0.2, -0.15) is 4.39 Å². The number of benzene rings is 2. The summed E-state index contributed by atoms with van der Waals surface area (Å²) < 4.78 is 39.0. The van der Waals surface area contributed by atoms with E-state index in [-0.39, 0.29) is 12.0 Å². The Bertz CT molecular complexity index is 871. The first-order chi connectivity index (χ1) is 15.5. The maximum atomic E-state index is 14.4. The molecule has 0 aromatic heterocycles. The van der Waals surface area contributed by atoms with Crippen molar-refractivity contribution < 1.29 is 23.0 Å². The molecule has 0 heterocycles. The third-order valence-electron chi connectivity index (χ3n) is 6.48. The highest BCUT2D eigenvalue weighted by Crippen LogP contribution is 2.37. The molecule has 0 radical (unpaired) electrons. The Labute approximate surface area is 190 Å². The first-order valence-corrected chi connectivity index (χ1v) is 11.9. The van der Waals surface area contributed by atoms with E-state index in [1.807, 2.05) is 19.1 Å². The molecular weight excluding hydrogens is 410 g/mol. The van der Waals surface area contributed by atoms with Gasteiger partial charge in [-0.3, -0.25) is 0 Å². The van der Waals surface area contributed by atoms with E-state index < -0.39 is 23.4 Å². The minimum absolute atomic E-state index is 0.199. The van der Waals surface area contributed by atoms with E-state index in [1.165, 1.54) is 62.6 Å². The van der Waals surface area contributed by atoms with Gasteiger partial charge in [0.05, 0.1) is 12.2 Å². The average molecular weight is 445 g/mol. The minimum Gasteiger partial charge on any atom is -0.420 e. The van der Waals surface area contributed by atoms with Gasteiger partial charge in [-0.25, -0.2) is 9.18 Å². The number of esters is 1. The number of hydrogen-bond donors (Lipinski definition) is 0. The van der Waals surface area contributed by atoms with E-state index in [4.69, 9.17) is 9.47 Å². The number of carbonyl (C=O) groups is 1. The van der Waals surface area contributed by atoms with Crippen LogP contribution in [0.2, 0.25) is 0 Å². The molecule has 2 aromatic carbocycles. The van der Waals surface area contributed by atoms with Crippen molar-refractivity contribution in [3.05, 3.63) is 64.7 Å². The summed E-state index contributed by atoms with van der Waals surface area (Å²) in [5.41, 5.74) is 1.75. The molecule has 1 aliphatic rings. The van der Waals surface area contributed by atoms with Crippen molar-refractivity contribution in [2.45, 2.75) is 71.1 Å². The smallest absolute Gasteiger partial charge is 0.343 e. The summed E-state index contributed by atoms with van der Waals surface area (Å²) in [6, 6.07) is 10.1. The summed E-state index contributed by atoms with van der Waals surface area (Å²) >= 11 is 0. The SMILES string of the molecule is CCCCC1CCC(c2ccc(C(=O)Oc3ccc(CCOCC)c(F)c3F)cc2)CC1. The van der Waals surface area contributed by atoms with Crippen LogP contribution in [0.1, 0.15) is 86.2 Å². The molecule has 0 atom stereocenters. The van der Waals surface area contributed by atoms with Gasteiger partial charge in [-0.05, 0) is 80.2 Å². The second-order valence-corrected chi connectivity index (χ2v) is 8.67. The van der Waals surface area contributed by atoms with Crippen LogP contribution in [-0.4, -0.2) is 19.2 Å². The van der Waals surface area contributed by atoms with Gasteiger partial charge >= 0.3 is 5.97 Å². The first-order valence-electron chi connectivity index (χ1n) is 11.9. The fourth-order valence-corrected chi connectivity index (χ4v) is 4.50. The van der Waals surface area contributed by atoms with Gasteiger partial charge in [0, 0.05) is 6.61 Å². The third kappa shape index (κ3) is 6.38. The van der Waals surface area contributed by atoms with Crippen LogP contribution in [0.4, 0.5) is 8.78 Å². The summed E-state index contributed by atoms with van der Waals surface area (Å²) in [5, 5.41) is 0. The largest absolute Gasteiger partial charge is 0.420 e. The van der Waals surface area contributed by atoms with E-state index in [9.17, 15) is 13.6 Å². The standard InChI is InChI=1S/C27H34F2O3/c1-3-5-6-19-7-9-20(10-8-19)21-11-13-23(14-12-21)27(30)32-24-16-15-22(17-18-31-4-2)25(28)26(24)29/h11-16,19-20H,3-10,17-18H2,1-2H3. The van der Waals surface area contributed by atoms with Gasteiger partial charge in [0.1, 0.15) is 0 Å². The van der Waals surface area contributed by atoms with Crippen molar-refractivity contribution in [1.29, 1.82) is 0 Å². The molecule has 5 heteroatoms. The molecule has 0 bridgehead atoms. The van der Waals surface area contributed by atoms with Crippen LogP contribution in [-0.2, 0) is 11.2 Å². The van der Waals surface area contributed by atoms with Crippen molar-refractivity contribution in [3.8, 4) is 5.75 Å². The zero-order valence-electron chi connectivity index (χ0n) is 19.2. The first kappa shape index (κ1) is 24.4.